The zero-order valence-electron chi connectivity index (χ0n) is 15.1. The van der Waals surface area contributed by atoms with E-state index in [0.717, 1.165) is 12.1 Å². The van der Waals surface area contributed by atoms with Gasteiger partial charge in [-0.25, -0.2) is 0 Å². The third-order valence-corrected chi connectivity index (χ3v) is 4.45. The number of nitrogens with one attached hydrogen (secondary N) is 2. The summed E-state index contributed by atoms with van der Waals surface area (Å²) in [6.07, 6.45) is 8.02. The van der Waals surface area contributed by atoms with Crippen molar-refractivity contribution >= 4 is 11.9 Å². The van der Waals surface area contributed by atoms with Crippen LogP contribution in [0.25, 0.3) is 0 Å². The second kappa shape index (κ2) is 10.7. The van der Waals surface area contributed by atoms with Crippen LogP contribution in [0.5, 0.6) is 0 Å². The van der Waals surface area contributed by atoms with Gasteiger partial charge < -0.3 is 21.1 Å². The molecule has 1 amide bonds. The number of primary amides is 1. The van der Waals surface area contributed by atoms with Gasteiger partial charge in [0.25, 0.3) is 0 Å². The van der Waals surface area contributed by atoms with Gasteiger partial charge >= 0.3 is 0 Å². The lowest BCUT2D eigenvalue weighted by atomic mass is 10.1. The molecule has 0 bridgehead atoms. The Kier molecular flexibility index (Phi) is 8.25. The normalized spacial score (nSPS) is 16.3. The summed E-state index contributed by atoms with van der Waals surface area (Å²) in [4.78, 5) is 15.4. The molecule has 1 saturated carbocycles. The van der Waals surface area contributed by atoms with Gasteiger partial charge in [0.2, 0.25) is 5.91 Å². The molecule has 0 heterocycles. The molecule has 0 radical (unpaired) electrons. The number of rotatable bonds is 7. The minimum absolute atomic E-state index is 0.413. The van der Waals surface area contributed by atoms with Gasteiger partial charge in [0.15, 0.2) is 5.96 Å². The first-order chi connectivity index (χ1) is 12.2. The first kappa shape index (κ1) is 19.2. The molecule has 1 fully saturated rings. The average Bonchev–Trinajstić information content (AvgIpc) is 2.90. The molecule has 25 heavy (non-hydrogen) atoms. The summed E-state index contributed by atoms with van der Waals surface area (Å²) in [6, 6.07) is 7.28. The number of hydrogen-bond acceptors (Lipinski definition) is 3. The fraction of sp³-hybridized carbons (Fsp3) is 0.579. The number of benzene rings is 1. The van der Waals surface area contributed by atoms with Crippen molar-refractivity contribution in [3.8, 4) is 0 Å². The largest absolute Gasteiger partial charge is 0.376 e. The highest BCUT2D eigenvalue weighted by Crippen LogP contribution is 2.19. The fourth-order valence-electron chi connectivity index (χ4n) is 3.04. The molecule has 6 nitrogen and oxygen atoms in total. The van der Waals surface area contributed by atoms with Crippen LogP contribution in [0.15, 0.2) is 29.3 Å². The van der Waals surface area contributed by atoms with E-state index in [9.17, 15) is 4.79 Å². The summed E-state index contributed by atoms with van der Waals surface area (Å²) in [5.41, 5.74) is 6.80. The van der Waals surface area contributed by atoms with E-state index >= 15 is 0 Å². The van der Waals surface area contributed by atoms with Crippen LogP contribution in [-0.4, -0.2) is 38.2 Å². The van der Waals surface area contributed by atoms with Gasteiger partial charge in [-0.2, -0.15) is 0 Å². The Labute approximate surface area is 150 Å². The number of carbonyl (C=O) groups excluding carboxylic acids is 1. The van der Waals surface area contributed by atoms with Gasteiger partial charge in [-0.05, 0) is 30.5 Å². The second-order valence-electron chi connectivity index (χ2n) is 6.40. The van der Waals surface area contributed by atoms with Gasteiger partial charge in [-0.1, -0.05) is 37.8 Å². The fourth-order valence-corrected chi connectivity index (χ4v) is 3.04. The van der Waals surface area contributed by atoms with Crippen molar-refractivity contribution in [2.45, 2.75) is 51.2 Å². The topological polar surface area (TPSA) is 88.7 Å². The van der Waals surface area contributed by atoms with Crippen LogP contribution in [0, 0.1) is 0 Å². The molecular formula is C19H30N4O2. The molecule has 1 aromatic carbocycles. The van der Waals surface area contributed by atoms with E-state index in [1.807, 2.05) is 12.1 Å². The number of nitrogens with zero attached hydrogens (tertiary/aromatic N) is 1. The van der Waals surface area contributed by atoms with Gasteiger partial charge in [0.05, 0.1) is 12.7 Å². The Hall–Kier alpha value is -2.08. The van der Waals surface area contributed by atoms with E-state index in [2.05, 4.69) is 15.6 Å². The third kappa shape index (κ3) is 7.13. The molecule has 1 aromatic rings. The molecule has 0 atom stereocenters. The maximum Gasteiger partial charge on any atom is 0.248 e. The molecule has 0 saturated heterocycles. The van der Waals surface area contributed by atoms with Crippen LogP contribution < -0.4 is 16.4 Å². The van der Waals surface area contributed by atoms with Gasteiger partial charge in [-0.3, -0.25) is 9.79 Å². The monoisotopic (exact) mass is 346 g/mol. The third-order valence-electron chi connectivity index (χ3n) is 4.45. The molecule has 4 N–H and O–H groups in total. The Morgan fingerprint density at radius 3 is 2.68 bits per heavy atom. The van der Waals surface area contributed by atoms with E-state index in [-0.39, 0.29) is 0 Å². The summed E-state index contributed by atoms with van der Waals surface area (Å²) in [7, 11) is 1.74. The summed E-state index contributed by atoms with van der Waals surface area (Å²) in [5.74, 6) is 0.300. The van der Waals surface area contributed by atoms with Crippen molar-refractivity contribution < 1.29 is 9.53 Å². The highest BCUT2D eigenvalue weighted by molar-refractivity contribution is 5.92. The van der Waals surface area contributed by atoms with Crippen molar-refractivity contribution in [3.05, 3.63) is 35.4 Å². The molecule has 0 unspecified atom stereocenters. The zero-order chi connectivity index (χ0) is 17.9. The molecule has 0 spiro atoms. The Bertz CT molecular complexity index is 566. The van der Waals surface area contributed by atoms with E-state index in [1.54, 1.807) is 19.2 Å². The summed E-state index contributed by atoms with van der Waals surface area (Å²) < 4.78 is 5.97. The van der Waals surface area contributed by atoms with Gasteiger partial charge in [0.1, 0.15) is 0 Å². The maximum atomic E-state index is 11.2. The number of hydrogen-bond donors (Lipinski definition) is 3. The van der Waals surface area contributed by atoms with E-state index in [1.165, 1.54) is 38.5 Å². The van der Waals surface area contributed by atoms with Crippen LogP contribution in [0.4, 0.5) is 0 Å². The number of aliphatic imine (C=N–C) groups is 1. The number of carbonyl (C=O) groups is 1. The number of nitrogens with two attached hydrogens (primary N) is 1. The van der Waals surface area contributed by atoms with Crippen molar-refractivity contribution in [1.29, 1.82) is 0 Å². The highest BCUT2D eigenvalue weighted by atomic mass is 16.5. The second-order valence-corrected chi connectivity index (χ2v) is 6.40. The lowest BCUT2D eigenvalue weighted by molar-refractivity contribution is 0.0468. The minimum Gasteiger partial charge on any atom is -0.376 e. The average molecular weight is 346 g/mol. The number of guanidine groups is 1. The van der Waals surface area contributed by atoms with Gasteiger partial charge in [-0.15, -0.1) is 0 Å². The molecule has 0 aliphatic heterocycles. The van der Waals surface area contributed by atoms with Crippen LogP contribution in [0.2, 0.25) is 0 Å². The van der Waals surface area contributed by atoms with Crippen molar-refractivity contribution in [3.63, 3.8) is 0 Å². The Morgan fingerprint density at radius 1 is 1.24 bits per heavy atom. The smallest absolute Gasteiger partial charge is 0.248 e. The predicted octanol–water partition coefficient (Wildman–Crippen LogP) is 2.19. The lowest BCUT2D eigenvalue weighted by Gasteiger charge is -2.17. The molecule has 2 rings (SSSR count). The van der Waals surface area contributed by atoms with E-state index in [4.69, 9.17) is 10.5 Å². The lowest BCUT2D eigenvalue weighted by Crippen LogP contribution is -2.39. The Balaban J connectivity index is 1.68. The van der Waals surface area contributed by atoms with Crippen LogP contribution >= 0.6 is 0 Å². The summed E-state index contributed by atoms with van der Waals surface area (Å²) in [6.45, 7) is 1.98. The van der Waals surface area contributed by atoms with Crippen molar-refractivity contribution in [1.82, 2.24) is 10.6 Å². The maximum absolute atomic E-state index is 11.2. The minimum atomic E-state index is -0.417. The van der Waals surface area contributed by atoms with E-state index < -0.39 is 5.91 Å². The number of amides is 1. The number of ether oxygens (including phenoxy) is 1. The summed E-state index contributed by atoms with van der Waals surface area (Å²) >= 11 is 0. The van der Waals surface area contributed by atoms with Crippen molar-refractivity contribution in [2.24, 2.45) is 10.7 Å². The quantitative estimate of drug-likeness (QED) is 0.306. The SMILES string of the molecule is CN=C(NCCOC1CCCCCC1)NCc1cccc(C(N)=O)c1. The molecule has 1 aliphatic carbocycles. The zero-order valence-corrected chi connectivity index (χ0v) is 15.1. The predicted molar refractivity (Wildman–Crippen MR) is 101 cm³/mol. The molecule has 138 valence electrons. The molecule has 1 aliphatic rings. The van der Waals surface area contributed by atoms with Crippen LogP contribution in [0.3, 0.4) is 0 Å². The summed E-state index contributed by atoms with van der Waals surface area (Å²) in [5, 5.41) is 6.49. The standard InChI is InChI=1S/C19H30N4O2/c1-21-19(22-11-12-25-17-9-4-2-3-5-10-17)23-14-15-7-6-8-16(13-15)18(20)24/h6-8,13,17H,2-5,9-12,14H2,1H3,(H2,20,24)(H2,21,22,23). The van der Waals surface area contributed by atoms with Crippen LogP contribution in [0.1, 0.15) is 54.4 Å². The van der Waals surface area contributed by atoms with Crippen LogP contribution in [-0.2, 0) is 11.3 Å². The van der Waals surface area contributed by atoms with Gasteiger partial charge in [0, 0.05) is 25.7 Å². The van der Waals surface area contributed by atoms with Crippen molar-refractivity contribution in [2.75, 3.05) is 20.2 Å². The highest BCUT2D eigenvalue weighted by Gasteiger charge is 2.12. The Morgan fingerprint density at radius 2 is 2.00 bits per heavy atom. The molecule has 6 heteroatoms. The molecule has 0 aromatic heterocycles. The first-order valence-electron chi connectivity index (χ1n) is 9.14. The van der Waals surface area contributed by atoms with E-state index in [0.29, 0.717) is 30.8 Å². The first-order valence-corrected chi connectivity index (χ1v) is 9.14. The molecular weight excluding hydrogens is 316 g/mol.